The van der Waals surface area contributed by atoms with Gasteiger partial charge in [0.2, 0.25) is 0 Å². The van der Waals surface area contributed by atoms with Gasteiger partial charge in [0.1, 0.15) is 6.10 Å². The van der Waals surface area contributed by atoms with Crippen molar-refractivity contribution in [3.63, 3.8) is 0 Å². The molecule has 0 spiro atoms. The van der Waals surface area contributed by atoms with Crippen LogP contribution in [-0.4, -0.2) is 40.9 Å². The Bertz CT molecular complexity index is 918. The highest BCUT2D eigenvalue weighted by Crippen LogP contribution is 2.67. The molecule has 4 nitrogen and oxygen atoms in total. The molecule has 0 radical (unpaired) electrons. The summed E-state index contributed by atoms with van der Waals surface area (Å²) in [6.07, 6.45) is 10.1. The van der Waals surface area contributed by atoms with Gasteiger partial charge in [-0.1, -0.05) is 55.4 Å². The third-order valence-corrected chi connectivity index (χ3v) is 22.4. The van der Waals surface area contributed by atoms with Crippen LogP contribution in [0.2, 0.25) is 36.3 Å². The second kappa shape index (κ2) is 10.2. The van der Waals surface area contributed by atoms with Gasteiger partial charge in [-0.25, -0.2) is 0 Å². The topological polar surface area (TPSA) is 44.8 Å². The van der Waals surface area contributed by atoms with Crippen LogP contribution in [0.3, 0.4) is 0 Å². The Balaban J connectivity index is 1.58. The molecule has 0 aliphatic heterocycles. The van der Waals surface area contributed by atoms with Crippen LogP contribution in [0.5, 0.6) is 0 Å². The molecule has 0 amide bonds. The van der Waals surface area contributed by atoms with Crippen molar-refractivity contribution in [3.05, 3.63) is 0 Å². The maximum absolute atomic E-state index is 12.4. The predicted octanol–water partition coefficient (Wildman–Crippen LogP) is 9.35. The summed E-state index contributed by atoms with van der Waals surface area (Å²) in [6, 6.07) is 0. The van der Waals surface area contributed by atoms with E-state index >= 15 is 0 Å². The Kier molecular flexibility index (Phi) is 8.32. The van der Waals surface area contributed by atoms with Gasteiger partial charge in [0, 0.05) is 18.9 Å². The number of ether oxygens (including phenoxy) is 1. The van der Waals surface area contributed by atoms with Gasteiger partial charge in [0.15, 0.2) is 16.6 Å². The van der Waals surface area contributed by atoms with Crippen molar-refractivity contribution in [2.45, 2.75) is 168 Å². The molecule has 0 aromatic rings. The fourth-order valence-electron chi connectivity index (χ4n) is 8.95. The van der Waals surface area contributed by atoms with Crippen LogP contribution in [0.15, 0.2) is 0 Å². The van der Waals surface area contributed by atoms with Crippen molar-refractivity contribution < 1.29 is 18.4 Å². The zero-order valence-corrected chi connectivity index (χ0v) is 29.8. The highest BCUT2D eigenvalue weighted by atomic mass is 28.4. The van der Waals surface area contributed by atoms with Crippen LogP contribution in [0.4, 0.5) is 0 Å². The first-order chi connectivity index (χ1) is 17.6. The maximum Gasteiger partial charge on any atom is 0.302 e. The Labute approximate surface area is 243 Å². The first-order valence-corrected chi connectivity index (χ1v) is 22.0. The molecule has 4 aliphatic carbocycles. The van der Waals surface area contributed by atoms with E-state index in [9.17, 15) is 4.79 Å². The third kappa shape index (κ3) is 5.63. The smallest absolute Gasteiger partial charge is 0.302 e. The molecule has 0 N–H and O–H groups in total. The van der Waals surface area contributed by atoms with Gasteiger partial charge in [-0.15, -0.1) is 0 Å². The molecule has 0 heterocycles. The second-order valence-corrected chi connectivity index (χ2v) is 27.1. The average Bonchev–Trinajstić information content (AvgIpc) is 3.08. The molecular formula is C33H62O4Si2. The van der Waals surface area contributed by atoms with E-state index in [1.54, 1.807) is 6.92 Å². The van der Waals surface area contributed by atoms with Gasteiger partial charge in [-0.05, 0) is 116 Å². The molecule has 0 aromatic carbocycles. The van der Waals surface area contributed by atoms with Gasteiger partial charge in [-0.2, -0.15) is 0 Å². The van der Waals surface area contributed by atoms with Crippen LogP contribution >= 0.6 is 0 Å². The SMILES string of the molecule is CC(=O)O[C@H]1C[C@H]2[C@@H]3CC[C@H](O[Si](C)(C)C(C)(C)C)[C@@]3(C)CC[C@@H]2[C@@]2(C)CC[C@@H](O[Si](C)(C)C(C)(C)C)CC12. The zero-order chi connectivity index (χ0) is 29.4. The second-order valence-electron chi connectivity index (χ2n) is 17.6. The number of hydrogen-bond acceptors (Lipinski definition) is 4. The third-order valence-electron chi connectivity index (χ3n) is 13.3. The standard InChI is InChI=1S/C33H62O4Si2/c1-22(34)35-28-21-24-25-14-15-29(37-39(12,13)31(5,6)7)33(25,9)19-17-26(24)32(8)18-16-23(20-27(28)32)36-38(10,11)30(2,3)4/h23-29H,14-21H2,1-13H3/t23-,24+,25+,26+,27?,28+,29+,32-,33+/m1/s1. The van der Waals surface area contributed by atoms with Crippen LogP contribution in [0.1, 0.15) is 114 Å². The lowest BCUT2D eigenvalue weighted by Crippen LogP contribution is -2.60. The number of rotatable bonds is 5. The van der Waals surface area contributed by atoms with Gasteiger partial charge < -0.3 is 13.6 Å². The lowest BCUT2D eigenvalue weighted by atomic mass is 9.44. The molecule has 6 heteroatoms. The van der Waals surface area contributed by atoms with Crippen molar-refractivity contribution in [2.24, 2.45) is 34.5 Å². The van der Waals surface area contributed by atoms with Gasteiger partial charge >= 0.3 is 5.97 Å². The lowest BCUT2D eigenvalue weighted by molar-refractivity contribution is -0.192. The normalized spacial score (nSPS) is 41.4. The van der Waals surface area contributed by atoms with E-state index in [1.165, 1.54) is 32.1 Å². The summed E-state index contributed by atoms with van der Waals surface area (Å²) in [7, 11) is -3.68. The molecule has 4 saturated carbocycles. The van der Waals surface area contributed by atoms with E-state index < -0.39 is 16.6 Å². The molecule has 4 aliphatic rings. The van der Waals surface area contributed by atoms with E-state index in [2.05, 4.69) is 81.6 Å². The molecule has 4 rings (SSSR count). The highest BCUT2D eigenvalue weighted by molar-refractivity contribution is 6.74. The molecular weight excluding hydrogens is 517 g/mol. The van der Waals surface area contributed by atoms with Crippen LogP contribution < -0.4 is 0 Å². The van der Waals surface area contributed by atoms with Crippen molar-refractivity contribution in [1.82, 2.24) is 0 Å². The molecule has 0 bridgehead atoms. The number of fused-ring (bicyclic) bond motifs is 5. The minimum Gasteiger partial charge on any atom is -0.462 e. The molecule has 226 valence electrons. The van der Waals surface area contributed by atoms with E-state index in [4.69, 9.17) is 13.6 Å². The molecule has 0 aromatic heterocycles. The Morgan fingerprint density at radius 3 is 1.82 bits per heavy atom. The Hall–Kier alpha value is -0.176. The number of carbonyl (C=O) groups excluding carboxylic acids is 1. The molecule has 4 fully saturated rings. The minimum absolute atomic E-state index is 0.0160. The Morgan fingerprint density at radius 2 is 1.26 bits per heavy atom. The van der Waals surface area contributed by atoms with Crippen molar-refractivity contribution in [1.29, 1.82) is 0 Å². The minimum atomic E-state index is -1.85. The van der Waals surface area contributed by atoms with Crippen LogP contribution in [0.25, 0.3) is 0 Å². The predicted molar refractivity (Wildman–Crippen MR) is 167 cm³/mol. The molecule has 39 heavy (non-hydrogen) atoms. The summed E-state index contributed by atoms with van der Waals surface area (Å²) >= 11 is 0. The lowest BCUT2D eigenvalue weighted by Gasteiger charge is -2.63. The monoisotopic (exact) mass is 578 g/mol. The van der Waals surface area contributed by atoms with Gasteiger partial charge in [0.25, 0.3) is 0 Å². The summed E-state index contributed by atoms with van der Waals surface area (Å²) in [5.74, 6) is 2.30. The van der Waals surface area contributed by atoms with E-state index in [1.807, 2.05) is 0 Å². The largest absolute Gasteiger partial charge is 0.462 e. The van der Waals surface area contributed by atoms with Gasteiger partial charge in [-0.3, -0.25) is 4.79 Å². The summed E-state index contributed by atoms with van der Waals surface area (Å²) in [5, 5.41) is 0.440. The highest BCUT2D eigenvalue weighted by Gasteiger charge is 2.64. The summed E-state index contributed by atoms with van der Waals surface area (Å²) < 4.78 is 20.4. The first kappa shape index (κ1) is 31.8. The number of hydrogen-bond donors (Lipinski definition) is 0. The quantitative estimate of drug-likeness (QED) is 0.241. The summed E-state index contributed by atoms with van der Waals surface area (Å²) in [6.45, 7) is 30.4. The number of carbonyl (C=O) groups is 1. The van der Waals surface area contributed by atoms with E-state index in [0.29, 0.717) is 35.9 Å². The maximum atomic E-state index is 12.4. The van der Waals surface area contributed by atoms with Crippen molar-refractivity contribution in [2.75, 3.05) is 0 Å². The van der Waals surface area contributed by atoms with E-state index in [0.717, 1.165) is 19.3 Å². The fourth-order valence-corrected chi connectivity index (χ4v) is 11.8. The average molecular weight is 579 g/mol. The summed E-state index contributed by atoms with van der Waals surface area (Å²) in [4.78, 5) is 12.4. The molecule has 9 atom stereocenters. The molecule has 1 unspecified atom stereocenters. The Morgan fingerprint density at radius 1 is 0.718 bits per heavy atom. The van der Waals surface area contributed by atoms with Gasteiger partial charge in [0.05, 0.1) is 6.10 Å². The number of esters is 1. The first-order valence-electron chi connectivity index (χ1n) is 16.2. The zero-order valence-electron chi connectivity index (χ0n) is 27.8. The van der Waals surface area contributed by atoms with E-state index in [-0.39, 0.29) is 33.0 Å². The van der Waals surface area contributed by atoms with Crippen LogP contribution in [-0.2, 0) is 18.4 Å². The van der Waals surface area contributed by atoms with Crippen LogP contribution in [0, 0.1) is 34.5 Å². The van der Waals surface area contributed by atoms with Crippen molar-refractivity contribution in [3.8, 4) is 0 Å². The fraction of sp³-hybridized carbons (Fsp3) is 0.970. The molecule has 0 saturated heterocycles. The van der Waals surface area contributed by atoms with Crippen molar-refractivity contribution >= 4 is 22.6 Å². The summed E-state index contributed by atoms with van der Waals surface area (Å²) in [5.41, 5.74) is 0.458.